The molecular weight excluding hydrogens is 276 g/mol. The lowest BCUT2D eigenvalue weighted by molar-refractivity contribution is -0.135. The van der Waals surface area contributed by atoms with E-state index in [1.54, 1.807) is 4.68 Å². The predicted octanol–water partition coefficient (Wildman–Crippen LogP) is 1.40. The fourth-order valence-corrected chi connectivity index (χ4v) is 2.67. The maximum atomic E-state index is 12.6. The van der Waals surface area contributed by atoms with Gasteiger partial charge in [-0.1, -0.05) is 6.92 Å². The second kappa shape index (κ2) is 7.09. The van der Waals surface area contributed by atoms with E-state index in [-0.39, 0.29) is 30.2 Å². The minimum absolute atomic E-state index is 0. The monoisotopic (exact) mass is 300 g/mol. The highest BCUT2D eigenvalue weighted by Crippen LogP contribution is 2.29. The van der Waals surface area contributed by atoms with Gasteiger partial charge in [-0.25, -0.2) is 0 Å². The smallest absolute Gasteiger partial charge is 0.227 e. The molecule has 114 valence electrons. The van der Waals surface area contributed by atoms with E-state index in [4.69, 9.17) is 0 Å². The molecule has 0 radical (unpaired) electrons. The summed E-state index contributed by atoms with van der Waals surface area (Å²) in [5.41, 5.74) is 1.16. The molecule has 5 nitrogen and oxygen atoms in total. The summed E-state index contributed by atoms with van der Waals surface area (Å²) < 4.78 is 1.80. The molecule has 1 aromatic rings. The summed E-state index contributed by atoms with van der Waals surface area (Å²) in [6.07, 6.45) is 4.88. The summed E-state index contributed by atoms with van der Waals surface area (Å²) in [4.78, 5) is 14.5. The number of hydrogen-bond donors (Lipinski definition) is 1. The van der Waals surface area contributed by atoms with Gasteiger partial charge >= 0.3 is 0 Å². The van der Waals surface area contributed by atoms with Gasteiger partial charge in [-0.05, 0) is 18.9 Å². The molecule has 2 heterocycles. The molecule has 20 heavy (non-hydrogen) atoms. The van der Waals surface area contributed by atoms with Gasteiger partial charge in [-0.3, -0.25) is 9.48 Å². The Bertz CT molecular complexity index is 448. The Balaban J connectivity index is 0.00000200. The van der Waals surface area contributed by atoms with Crippen LogP contribution in [0.15, 0.2) is 12.4 Å². The summed E-state index contributed by atoms with van der Waals surface area (Å²) in [5.74, 6) is 0.518. The number of aromatic nitrogens is 2. The van der Waals surface area contributed by atoms with Gasteiger partial charge in [0, 0.05) is 45.3 Å². The van der Waals surface area contributed by atoms with E-state index in [0.717, 1.165) is 25.1 Å². The molecule has 0 saturated carbocycles. The standard InChI is InChI=1S/C14H24N4O.ClH/c1-5-10(2)18(4)14(19)13-8-15-7-12(13)11-6-16-17(3)9-11;/h6,9-10,12-13,15H,5,7-8H2,1-4H3;1H/t10?,12-,13+;/m1./s1. The lowest BCUT2D eigenvalue weighted by atomic mass is 9.89. The van der Waals surface area contributed by atoms with Gasteiger partial charge in [0.05, 0.1) is 12.1 Å². The van der Waals surface area contributed by atoms with Crippen LogP contribution in [0.2, 0.25) is 0 Å². The molecule has 1 aliphatic heterocycles. The third kappa shape index (κ3) is 3.33. The Hall–Kier alpha value is -1.07. The van der Waals surface area contributed by atoms with Crippen molar-refractivity contribution in [2.75, 3.05) is 20.1 Å². The molecule has 1 amide bonds. The van der Waals surface area contributed by atoms with Gasteiger partial charge in [0.2, 0.25) is 5.91 Å². The maximum Gasteiger partial charge on any atom is 0.227 e. The van der Waals surface area contributed by atoms with Crippen LogP contribution in [-0.2, 0) is 11.8 Å². The minimum atomic E-state index is 0. The number of aryl methyl sites for hydroxylation is 1. The van der Waals surface area contributed by atoms with Crippen LogP contribution in [-0.4, -0.2) is 46.8 Å². The third-order valence-corrected chi connectivity index (χ3v) is 4.28. The summed E-state index contributed by atoms with van der Waals surface area (Å²) in [6, 6.07) is 0.294. The molecule has 1 unspecified atom stereocenters. The number of nitrogens with one attached hydrogen (secondary N) is 1. The van der Waals surface area contributed by atoms with Crippen molar-refractivity contribution in [3.8, 4) is 0 Å². The lowest BCUT2D eigenvalue weighted by Crippen LogP contribution is -2.41. The zero-order chi connectivity index (χ0) is 14.0. The summed E-state index contributed by atoms with van der Waals surface area (Å²) in [7, 11) is 3.82. The van der Waals surface area contributed by atoms with Crippen molar-refractivity contribution in [3.63, 3.8) is 0 Å². The van der Waals surface area contributed by atoms with Crippen LogP contribution < -0.4 is 5.32 Å². The zero-order valence-corrected chi connectivity index (χ0v) is 13.5. The van der Waals surface area contributed by atoms with E-state index >= 15 is 0 Å². The largest absolute Gasteiger partial charge is 0.343 e. The molecule has 3 atom stereocenters. The SMILES string of the molecule is CCC(C)N(C)C(=O)[C@H]1CNC[C@@H]1c1cnn(C)c1.Cl. The fraction of sp³-hybridized carbons (Fsp3) is 0.714. The number of nitrogens with zero attached hydrogens (tertiary/aromatic N) is 3. The van der Waals surface area contributed by atoms with Gasteiger partial charge in [-0.15, -0.1) is 12.4 Å². The Kier molecular flexibility index (Phi) is 6.02. The fourth-order valence-electron chi connectivity index (χ4n) is 2.67. The van der Waals surface area contributed by atoms with E-state index in [1.807, 2.05) is 31.4 Å². The van der Waals surface area contributed by atoms with Crippen molar-refractivity contribution >= 4 is 18.3 Å². The van der Waals surface area contributed by atoms with Crippen molar-refractivity contribution in [2.24, 2.45) is 13.0 Å². The third-order valence-electron chi connectivity index (χ3n) is 4.28. The Labute approximate surface area is 127 Å². The van der Waals surface area contributed by atoms with Crippen LogP contribution >= 0.6 is 12.4 Å². The second-order valence-corrected chi connectivity index (χ2v) is 5.52. The highest BCUT2D eigenvalue weighted by molar-refractivity contribution is 5.85. The molecule has 1 fully saturated rings. The van der Waals surface area contributed by atoms with Crippen molar-refractivity contribution in [2.45, 2.75) is 32.2 Å². The Morgan fingerprint density at radius 3 is 2.85 bits per heavy atom. The molecule has 1 aromatic heterocycles. The molecule has 1 N–H and O–H groups in total. The first-order valence-electron chi connectivity index (χ1n) is 7.00. The van der Waals surface area contributed by atoms with Crippen LogP contribution in [0, 0.1) is 5.92 Å². The van der Waals surface area contributed by atoms with E-state index < -0.39 is 0 Å². The van der Waals surface area contributed by atoms with Gasteiger partial charge in [0.15, 0.2) is 0 Å². The van der Waals surface area contributed by atoms with Crippen LogP contribution in [0.25, 0.3) is 0 Å². The average Bonchev–Trinajstić information content (AvgIpc) is 3.04. The molecule has 2 rings (SSSR count). The number of hydrogen-bond acceptors (Lipinski definition) is 3. The normalized spacial score (nSPS) is 23.2. The number of amides is 1. The van der Waals surface area contributed by atoms with E-state index in [2.05, 4.69) is 24.3 Å². The van der Waals surface area contributed by atoms with E-state index in [1.165, 1.54) is 0 Å². The average molecular weight is 301 g/mol. The molecule has 0 aliphatic carbocycles. The molecule has 0 bridgehead atoms. The highest BCUT2D eigenvalue weighted by Gasteiger charge is 2.36. The first-order chi connectivity index (χ1) is 9.04. The van der Waals surface area contributed by atoms with E-state index in [0.29, 0.717) is 6.04 Å². The molecule has 1 saturated heterocycles. The van der Waals surface area contributed by atoms with Crippen LogP contribution in [0.1, 0.15) is 31.7 Å². The Morgan fingerprint density at radius 2 is 2.30 bits per heavy atom. The number of carbonyl (C=O) groups is 1. The topological polar surface area (TPSA) is 50.2 Å². The van der Waals surface area contributed by atoms with Crippen LogP contribution in [0.5, 0.6) is 0 Å². The summed E-state index contributed by atoms with van der Waals surface area (Å²) in [5, 5.41) is 7.55. The zero-order valence-electron chi connectivity index (χ0n) is 12.7. The van der Waals surface area contributed by atoms with Crippen molar-refractivity contribution in [1.29, 1.82) is 0 Å². The molecule has 0 spiro atoms. The second-order valence-electron chi connectivity index (χ2n) is 5.52. The first-order valence-corrected chi connectivity index (χ1v) is 7.00. The van der Waals surface area contributed by atoms with E-state index in [9.17, 15) is 4.79 Å². The molecule has 6 heteroatoms. The van der Waals surface area contributed by atoms with Gasteiger partial charge in [0.25, 0.3) is 0 Å². The first kappa shape index (κ1) is 17.0. The van der Waals surface area contributed by atoms with Crippen LogP contribution in [0.4, 0.5) is 0 Å². The predicted molar refractivity (Wildman–Crippen MR) is 82.1 cm³/mol. The van der Waals surface area contributed by atoms with Gasteiger partial charge in [-0.2, -0.15) is 5.10 Å². The molecular formula is C14H25ClN4O. The number of carbonyl (C=O) groups excluding carboxylic acids is 1. The maximum absolute atomic E-state index is 12.6. The number of rotatable bonds is 4. The van der Waals surface area contributed by atoms with Gasteiger partial charge in [0.1, 0.15) is 0 Å². The minimum Gasteiger partial charge on any atom is -0.343 e. The van der Waals surface area contributed by atoms with Crippen molar-refractivity contribution < 1.29 is 4.79 Å². The molecule has 1 aliphatic rings. The quantitative estimate of drug-likeness (QED) is 0.914. The summed E-state index contributed by atoms with van der Waals surface area (Å²) >= 11 is 0. The number of halogens is 1. The summed E-state index contributed by atoms with van der Waals surface area (Å²) in [6.45, 7) is 5.83. The Morgan fingerprint density at radius 1 is 1.60 bits per heavy atom. The lowest BCUT2D eigenvalue weighted by Gasteiger charge is -2.28. The van der Waals surface area contributed by atoms with Crippen molar-refractivity contribution in [3.05, 3.63) is 18.0 Å². The van der Waals surface area contributed by atoms with Gasteiger partial charge < -0.3 is 10.2 Å². The van der Waals surface area contributed by atoms with Crippen molar-refractivity contribution in [1.82, 2.24) is 20.0 Å². The molecule has 0 aromatic carbocycles. The van der Waals surface area contributed by atoms with Crippen LogP contribution in [0.3, 0.4) is 0 Å². The highest BCUT2D eigenvalue weighted by atomic mass is 35.5.